The zero-order chi connectivity index (χ0) is 23.6. The first-order valence-electron chi connectivity index (χ1n) is 9.88. The Labute approximate surface area is 191 Å². The van der Waals surface area contributed by atoms with Gasteiger partial charge in [0.15, 0.2) is 0 Å². The third-order valence-corrected chi connectivity index (χ3v) is 5.26. The van der Waals surface area contributed by atoms with Gasteiger partial charge in [0, 0.05) is 10.7 Å². The van der Waals surface area contributed by atoms with Crippen LogP contribution in [0.4, 0.5) is 18.9 Å². The molecule has 1 saturated carbocycles. The first-order chi connectivity index (χ1) is 15.6. The number of carboxylic acid groups (broad SMARTS) is 1. The molecule has 174 valence electrons. The van der Waals surface area contributed by atoms with E-state index in [9.17, 15) is 18.0 Å². The van der Waals surface area contributed by atoms with Gasteiger partial charge in [-0.2, -0.15) is 23.2 Å². The molecule has 1 aliphatic carbocycles. The number of carbonyl (C=O) groups is 1. The Bertz CT molecular complexity index is 1080. The highest BCUT2D eigenvalue weighted by molar-refractivity contribution is 6.30. The number of carboxylic acids is 1. The van der Waals surface area contributed by atoms with Crippen molar-refractivity contribution in [1.82, 2.24) is 10.6 Å². The number of hydrogen-bond donors (Lipinski definition) is 4. The molecule has 2 aromatic rings. The molecule has 1 unspecified atom stereocenters. The number of nitrogens with zero attached hydrogens (tertiary/aromatic N) is 2. The molecule has 0 amide bonds. The first-order valence-corrected chi connectivity index (χ1v) is 10.3. The third kappa shape index (κ3) is 5.93. The Hall–Kier alpha value is -3.31. The highest BCUT2D eigenvalue weighted by Crippen LogP contribution is 2.45. The van der Waals surface area contributed by atoms with E-state index in [0.29, 0.717) is 10.7 Å². The Morgan fingerprint density at radius 2 is 1.76 bits per heavy atom. The molecule has 8 nitrogen and oxygen atoms in total. The number of rotatable bonds is 6. The lowest BCUT2D eigenvalue weighted by atomic mass is 10.1. The summed E-state index contributed by atoms with van der Waals surface area (Å²) < 4.78 is 42.8. The summed E-state index contributed by atoms with van der Waals surface area (Å²) in [6.45, 7) is -1.51. The monoisotopic (exact) mass is 481 g/mol. The number of anilines is 1. The van der Waals surface area contributed by atoms with E-state index in [4.69, 9.17) is 21.4 Å². The molecule has 1 fully saturated rings. The van der Waals surface area contributed by atoms with E-state index in [0.717, 1.165) is 18.4 Å². The van der Waals surface area contributed by atoms with Gasteiger partial charge in [0.05, 0.1) is 11.1 Å². The van der Waals surface area contributed by atoms with Crippen LogP contribution in [0.3, 0.4) is 0 Å². The quantitative estimate of drug-likeness (QED) is 0.498. The van der Waals surface area contributed by atoms with Crippen LogP contribution in [0.2, 0.25) is 5.02 Å². The summed E-state index contributed by atoms with van der Waals surface area (Å²) in [6.07, 6.45) is -4.39. The summed E-state index contributed by atoms with van der Waals surface area (Å²) in [4.78, 5) is 19.2. The molecule has 0 spiro atoms. The highest BCUT2D eigenvalue weighted by Gasteiger charge is 2.45. The average molecular weight is 482 g/mol. The van der Waals surface area contributed by atoms with Crippen molar-refractivity contribution in [2.24, 2.45) is 9.98 Å². The van der Waals surface area contributed by atoms with Gasteiger partial charge in [0.25, 0.3) is 6.35 Å². The minimum atomic E-state index is -4.54. The number of benzene rings is 2. The van der Waals surface area contributed by atoms with Crippen molar-refractivity contribution < 1.29 is 27.8 Å². The Morgan fingerprint density at radius 1 is 1.12 bits per heavy atom. The van der Waals surface area contributed by atoms with E-state index in [1.165, 1.54) is 24.3 Å². The van der Waals surface area contributed by atoms with Crippen molar-refractivity contribution >= 4 is 35.2 Å². The van der Waals surface area contributed by atoms with Gasteiger partial charge in [-0.3, -0.25) is 5.32 Å². The predicted molar refractivity (Wildman–Crippen MR) is 116 cm³/mol. The number of hydrogen-bond acceptors (Lipinski definition) is 7. The molecule has 0 aromatic heterocycles. The average Bonchev–Trinajstić information content (AvgIpc) is 3.53. The summed E-state index contributed by atoms with van der Waals surface area (Å²) >= 11 is 5.97. The molecular weight excluding hydrogens is 463 g/mol. The number of aromatic carboxylic acids is 1. The van der Waals surface area contributed by atoms with Gasteiger partial charge in [-0.25, -0.2) is 4.79 Å². The van der Waals surface area contributed by atoms with E-state index in [1.54, 1.807) is 12.1 Å². The molecule has 4 rings (SSSR count). The van der Waals surface area contributed by atoms with E-state index in [-0.39, 0.29) is 17.5 Å². The Morgan fingerprint density at radius 3 is 2.33 bits per heavy atom. The van der Waals surface area contributed by atoms with Crippen LogP contribution in [0.25, 0.3) is 0 Å². The van der Waals surface area contributed by atoms with Gasteiger partial charge in [0.2, 0.25) is 11.9 Å². The van der Waals surface area contributed by atoms with Crippen LogP contribution in [0.1, 0.15) is 28.8 Å². The van der Waals surface area contributed by atoms with Crippen molar-refractivity contribution in [3.8, 4) is 0 Å². The maximum atomic E-state index is 12.7. The molecule has 2 aliphatic rings. The molecule has 12 heteroatoms. The molecule has 4 N–H and O–H groups in total. The number of alkyl halides is 3. The van der Waals surface area contributed by atoms with Crippen LogP contribution >= 0.6 is 11.6 Å². The van der Waals surface area contributed by atoms with Gasteiger partial charge < -0.3 is 20.5 Å². The zero-order valence-electron chi connectivity index (χ0n) is 17.0. The predicted octanol–water partition coefficient (Wildman–Crippen LogP) is 3.91. The Kier molecular flexibility index (Phi) is 6.17. The number of halogens is 4. The smallest absolute Gasteiger partial charge is 0.411 e. The fourth-order valence-electron chi connectivity index (χ4n) is 3.24. The minimum Gasteiger partial charge on any atom is -0.478 e. The van der Waals surface area contributed by atoms with Crippen LogP contribution in [0.5, 0.6) is 0 Å². The van der Waals surface area contributed by atoms with Gasteiger partial charge >= 0.3 is 12.1 Å². The second-order valence-corrected chi connectivity index (χ2v) is 7.99. The third-order valence-electron chi connectivity index (χ3n) is 5.01. The first kappa shape index (κ1) is 22.9. The van der Waals surface area contributed by atoms with Gasteiger partial charge in [-0.05, 0) is 54.8 Å². The zero-order valence-corrected chi connectivity index (χ0v) is 17.7. The normalized spacial score (nSPS) is 19.1. The Balaban J connectivity index is 1.52. The summed E-state index contributed by atoms with van der Waals surface area (Å²) in [7, 11) is 0. The van der Waals surface area contributed by atoms with Gasteiger partial charge in [0.1, 0.15) is 6.61 Å². The molecule has 33 heavy (non-hydrogen) atoms. The second-order valence-electron chi connectivity index (χ2n) is 7.55. The number of ether oxygens (including phenoxy) is 1. The van der Waals surface area contributed by atoms with E-state index in [2.05, 4.69) is 25.9 Å². The molecule has 0 bridgehead atoms. The molecule has 0 radical (unpaired) electrons. The molecule has 0 saturated heterocycles. The van der Waals surface area contributed by atoms with Gasteiger partial charge in [-0.15, -0.1) is 0 Å². The van der Waals surface area contributed by atoms with Crippen LogP contribution < -0.4 is 16.0 Å². The van der Waals surface area contributed by atoms with Crippen LogP contribution in [0, 0.1) is 0 Å². The standard InChI is InChI=1S/C21H19ClF3N5O3/c22-14-5-3-13(4-6-14)20(9-10-20)30-18-27-17(28-19(29-18)33-11-21(23,24)25)26-15-7-1-12(2-8-15)16(31)32/h1-8,19H,9-11H2,(H,31,32)(H3,26,27,28,29,30). The molecule has 1 atom stereocenters. The summed E-state index contributed by atoms with van der Waals surface area (Å²) in [6, 6.07) is 13.1. The van der Waals surface area contributed by atoms with Crippen molar-refractivity contribution in [3.05, 3.63) is 64.7 Å². The van der Waals surface area contributed by atoms with E-state index < -0.39 is 30.6 Å². The molecule has 2 aromatic carbocycles. The topological polar surface area (TPSA) is 107 Å². The SMILES string of the molecule is O=C(O)c1ccc(NC2=NC(OCC(F)(F)F)N=C(NC3(c4ccc(Cl)cc4)CC3)N2)cc1. The van der Waals surface area contributed by atoms with Crippen molar-refractivity contribution in [3.63, 3.8) is 0 Å². The second kappa shape index (κ2) is 8.91. The van der Waals surface area contributed by atoms with Crippen molar-refractivity contribution in [2.45, 2.75) is 30.9 Å². The maximum absolute atomic E-state index is 12.7. The highest BCUT2D eigenvalue weighted by atomic mass is 35.5. The van der Waals surface area contributed by atoms with Crippen LogP contribution in [0.15, 0.2) is 58.5 Å². The summed E-state index contributed by atoms with van der Waals surface area (Å²) in [5.74, 6) is -0.796. The largest absolute Gasteiger partial charge is 0.478 e. The van der Waals surface area contributed by atoms with Crippen molar-refractivity contribution in [2.75, 3.05) is 11.9 Å². The fraction of sp³-hybridized carbons (Fsp3) is 0.286. The minimum absolute atomic E-state index is 0.0908. The van der Waals surface area contributed by atoms with Crippen molar-refractivity contribution in [1.29, 1.82) is 0 Å². The van der Waals surface area contributed by atoms with E-state index >= 15 is 0 Å². The van der Waals surface area contributed by atoms with Gasteiger partial charge in [-0.1, -0.05) is 23.7 Å². The fourth-order valence-corrected chi connectivity index (χ4v) is 3.36. The summed E-state index contributed by atoms with van der Waals surface area (Å²) in [5, 5.41) is 18.7. The van der Waals surface area contributed by atoms with Crippen LogP contribution in [-0.4, -0.2) is 42.1 Å². The van der Waals surface area contributed by atoms with Crippen LogP contribution in [-0.2, 0) is 10.3 Å². The lowest BCUT2D eigenvalue weighted by Gasteiger charge is -2.26. The number of guanidine groups is 2. The molecule has 1 aliphatic heterocycles. The summed E-state index contributed by atoms with van der Waals surface area (Å²) in [5.41, 5.74) is 1.09. The number of nitrogens with one attached hydrogen (secondary N) is 3. The lowest BCUT2D eigenvalue weighted by molar-refractivity contribution is -0.183. The molecular formula is C21H19ClF3N5O3. The number of aliphatic imine (C=N–C) groups is 2. The maximum Gasteiger partial charge on any atom is 0.411 e. The van der Waals surface area contributed by atoms with E-state index in [1.807, 2.05) is 12.1 Å². The lowest BCUT2D eigenvalue weighted by Crippen LogP contribution is -2.51. The molecule has 1 heterocycles.